The number of rotatable bonds is 12. The van der Waals surface area contributed by atoms with Crippen molar-refractivity contribution in [3.8, 4) is 0 Å². The molecule has 146 valence electrons. The summed E-state index contributed by atoms with van der Waals surface area (Å²) < 4.78 is 19.2. The number of epoxide rings is 1. The van der Waals surface area contributed by atoms with Gasteiger partial charge in [0.15, 0.2) is 0 Å². The Kier molecular flexibility index (Phi) is 13.5. The van der Waals surface area contributed by atoms with E-state index in [0.29, 0.717) is 32.0 Å². The zero-order chi connectivity index (χ0) is 19.8. The molecule has 0 aliphatic carbocycles. The second kappa shape index (κ2) is 14.9. The third kappa shape index (κ3) is 15.1. The van der Waals surface area contributed by atoms with Gasteiger partial charge in [0, 0.05) is 17.7 Å². The molecule has 1 atom stereocenters. The highest BCUT2D eigenvalue weighted by atomic mass is 16.6. The van der Waals surface area contributed by atoms with Gasteiger partial charge in [0.1, 0.15) is 12.7 Å². The van der Waals surface area contributed by atoms with Crippen molar-refractivity contribution in [2.45, 2.75) is 38.7 Å². The molecular weight excluding hydrogens is 340 g/mol. The molecule has 0 bridgehead atoms. The fraction of sp³-hybridized carbons (Fsp3) is 0.526. The summed E-state index contributed by atoms with van der Waals surface area (Å²) in [5.74, 6) is -1.12. The van der Waals surface area contributed by atoms with Gasteiger partial charge in [0.2, 0.25) is 0 Å². The molecule has 1 aliphatic heterocycles. The molecule has 1 heterocycles. The van der Waals surface area contributed by atoms with Crippen LogP contribution in [0.2, 0.25) is 0 Å². The van der Waals surface area contributed by atoms with Crippen molar-refractivity contribution in [3.05, 3.63) is 37.5 Å². The van der Waals surface area contributed by atoms with E-state index >= 15 is 0 Å². The van der Waals surface area contributed by atoms with Gasteiger partial charge in [0.05, 0.1) is 19.8 Å². The van der Waals surface area contributed by atoms with Crippen molar-refractivity contribution < 1.29 is 33.3 Å². The van der Waals surface area contributed by atoms with Gasteiger partial charge < -0.3 is 18.9 Å². The number of carbonyl (C=O) groups excluding carboxylic acids is 3. The van der Waals surface area contributed by atoms with Crippen molar-refractivity contribution in [2.24, 2.45) is 0 Å². The van der Waals surface area contributed by atoms with Crippen LogP contribution in [0.5, 0.6) is 0 Å². The Bertz CT molecular complexity index is 466. The van der Waals surface area contributed by atoms with Crippen molar-refractivity contribution in [2.75, 3.05) is 26.4 Å². The molecule has 0 aromatic heterocycles. The lowest BCUT2D eigenvalue weighted by molar-refractivity contribution is -0.139. The van der Waals surface area contributed by atoms with Gasteiger partial charge in [-0.05, 0) is 32.6 Å². The van der Waals surface area contributed by atoms with E-state index in [4.69, 9.17) is 18.9 Å². The van der Waals surface area contributed by atoms with E-state index in [9.17, 15) is 14.4 Å². The van der Waals surface area contributed by atoms with Gasteiger partial charge in [-0.25, -0.2) is 14.4 Å². The van der Waals surface area contributed by atoms with Crippen molar-refractivity contribution in [1.82, 2.24) is 0 Å². The molecule has 1 fully saturated rings. The lowest BCUT2D eigenvalue weighted by Crippen LogP contribution is -2.09. The summed E-state index contributed by atoms with van der Waals surface area (Å²) in [6.45, 7) is 13.6. The van der Waals surface area contributed by atoms with Crippen LogP contribution in [-0.4, -0.2) is 50.4 Å². The summed E-state index contributed by atoms with van der Waals surface area (Å²) in [4.78, 5) is 32.0. The minimum atomic E-state index is -0.389. The Labute approximate surface area is 154 Å². The van der Waals surface area contributed by atoms with Gasteiger partial charge in [-0.3, -0.25) is 0 Å². The minimum absolute atomic E-state index is 0.142. The van der Waals surface area contributed by atoms with Crippen LogP contribution in [-0.2, 0) is 33.3 Å². The number of esters is 3. The first kappa shape index (κ1) is 23.6. The molecule has 1 rings (SSSR count). The lowest BCUT2D eigenvalue weighted by atomic mass is 10.2. The SMILES string of the molecule is C=C(C)C(=O)OCC1CO1.C=CC(=O)OCCCCCCOC(=O)C=C. The van der Waals surface area contributed by atoms with E-state index in [-0.39, 0.29) is 24.0 Å². The maximum Gasteiger partial charge on any atom is 0.333 e. The normalized spacial score (nSPS) is 14.1. The van der Waals surface area contributed by atoms with Crippen LogP contribution in [0.4, 0.5) is 0 Å². The van der Waals surface area contributed by atoms with Gasteiger partial charge in [-0.15, -0.1) is 0 Å². The molecule has 0 aromatic rings. The molecule has 0 amide bonds. The van der Waals surface area contributed by atoms with E-state index in [2.05, 4.69) is 19.7 Å². The van der Waals surface area contributed by atoms with E-state index in [1.807, 2.05) is 0 Å². The molecule has 1 aliphatic rings. The van der Waals surface area contributed by atoms with Crippen LogP contribution in [0.15, 0.2) is 37.5 Å². The highest BCUT2D eigenvalue weighted by Gasteiger charge is 2.24. The van der Waals surface area contributed by atoms with Gasteiger partial charge in [-0.2, -0.15) is 0 Å². The average molecular weight is 368 g/mol. The fourth-order valence-electron chi connectivity index (χ4n) is 1.48. The van der Waals surface area contributed by atoms with Crippen molar-refractivity contribution >= 4 is 17.9 Å². The number of unbranched alkanes of at least 4 members (excludes halogenated alkanes) is 3. The highest BCUT2D eigenvalue weighted by molar-refractivity contribution is 5.86. The van der Waals surface area contributed by atoms with Crippen LogP contribution in [0.25, 0.3) is 0 Å². The Morgan fingerprint density at radius 2 is 1.42 bits per heavy atom. The first-order valence-corrected chi connectivity index (χ1v) is 8.43. The number of carbonyl (C=O) groups is 3. The zero-order valence-electron chi connectivity index (χ0n) is 15.4. The number of ether oxygens (including phenoxy) is 4. The Hall–Kier alpha value is -2.41. The Morgan fingerprint density at radius 1 is 0.962 bits per heavy atom. The van der Waals surface area contributed by atoms with Crippen LogP contribution >= 0.6 is 0 Å². The van der Waals surface area contributed by atoms with Gasteiger partial charge in [-0.1, -0.05) is 19.7 Å². The van der Waals surface area contributed by atoms with E-state index in [1.165, 1.54) is 0 Å². The smallest absolute Gasteiger partial charge is 0.333 e. The number of hydrogen-bond acceptors (Lipinski definition) is 7. The summed E-state index contributed by atoms with van der Waals surface area (Å²) in [6, 6.07) is 0. The first-order valence-electron chi connectivity index (χ1n) is 8.43. The number of hydrogen-bond donors (Lipinski definition) is 0. The molecular formula is C19H28O7. The molecule has 26 heavy (non-hydrogen) atoms. The summed E-state index contributed by atoms with van der Waals surface area (Å²) in [7, 11) is 0. The monoisotopic (exact) mass is 368 g/mol. The van der Waals surface area contributed by atoms with Gasteiger partial charge >= 0.3 is 17.9 Å². The quantitative estimate of drug-likeness (QED) is 0.172. The highest BCUT2D eigenvalue weighted by Crippen LogP contribution is 2.09. The van der Waals surface area contributed by atoms with E-state index in [1.54, 1.807) is 6.92 Å². The van der Waals surface area contributed by atoms with E-state index < -0.39 is 0 Å². The largest absolute Gasteiger partial charge is 0.463 e. The molecule has 0 N–H and O–H groups in total. The third-order valence-corrected chi connectivity index (χ3v) is 3.01. The molecule has 1 saturated heterocycles. The van der Waals surface area contributed by atoms with Crippen LogP contribution < -0.4 is 0 Å². The second-order valence-corrected chi connectivity index (χ2v) is 5.49. The second-order valence-electron chi connectivity index (χ2n) is 5.49. The summed E-state index contributed by atoms with van der Waals surface area (Å²) in [6.07, 6.45) is 5.95. The maximum absolute atomic E-state index is 10.7. The van der Waals surface area contributed by atoms with Crippen molar-refractivity contribution in [1.29, 1.82) is 0 Å². The molecule has 1 unspecified atom stereocenters. The van der Waals surface area contributed by atoms with Crippen molar-refractivity contribution in [3.63, 3.8) is 0 Å². The van der Waals surface area contributed by atoms with Crippen LogP contribution in [0.3, 0.4) is 0 Å². The van der Waals surface area contributed by atoms with E-state index in [0.717, 1.165) is 37.8 Å². The predicted octanol–water partition coefficient (Wildman–Crippen LogP) is 2.51. The Balaban J connectivity index is 0.000000531. The van der Waals surface area contributed by atoms with Crippen LogP contribution in [0, 0.1) is 0 Å². The molecule has 0 radical (unpaired) electrons. The Morgan fingerprint density at radius 3 is 1.77 bits per heavy atom. The van der Waals surface area contributed by atoms with Gasteiger partial charge in [0.25, 0.3) is 0 Å². The topological polar surface area (TPSA) is 91.4 Å². The third-order valence-electron chi connectivity index (χ3n) is 3.01. The summed E-state index contributed by atoms with van der Waals surface area (Å²) in [5.41, 5.74) is 0.431. The molecule has 0 saturated carbocycles. The fourth-order valence-corrected chi connectivity index (χ4v) is 1.48. The summed E-state index contributed by atoms with van der Waals surface area (Å²) >= 11 is 0. The zero-order valence-corrected chi connectivity index (χ0v) is 15.4. The van der Waals surface area contributed by atoms with Crippen LogP contribution in [0.1, 0.15) is 32.6 Å². The maximum atomic E-state index is 10.7. The average Bonchev–Trinajstić information content (AvgIpc) is 3.46. The lowest BCUT2D eigenvalue weighted by Gasteiger charge is -2.03. The molecule has 0 aromatic carbocycles. The molecule has 0 spiro atoms. The standard InChI is InChI=1S/C12H18O4.C7H10O3/c1-3-11(13)15-9-7-5-6-8-10-16-12(14)4-2;1-5(2)7(8)10-4-6-3-9-6/h3-4H,1-2,5-10H2;6H,1,3-4H2,2H3. The minimum Gasteiger partial charge on any atom is -0.463 e. The molecule has 7 heteroatoms. The first-order chi connectivity index (χ1) is 12.4. The summed E-state index contributed by atoms with van der Waals surface area (Å²) in [5, 5.41) is 0. The molecule has 7 nitrogen and oxygen atoms in total. The predicted molar refractivity (Wildman–Crippen MR) is 96.3 cm³/mol.